The van der Waals surface area contributed by atoms with Gasteiger partial charge in [0, 0.05) is 18.3 Å². The number of rotatable bonds is 6. The van der Waals surface area contributed by atoms with E-state index < -0.39 is 6.04 Å². The van der Waals surface area contributed by atoms with Crippen molar-refractivity contribution in [2.75, 3.05) is 12.4 Å². The molecule has 0 aliphatic rings. The number of anilines is 1. The van der Waals surface area contributed by atoms with Gasteiger partial charge >= 0.3 is 6.03 Å². The van der Waals surface area contributed by atoms with Gasteiger partial charge in [0.05, 0.1) is 6.04 Å². The molecule has 0 bridgehead atoms. The largest absolute Gasteiger partial charge is 0.457 e. The van der Waals surface area contributed by atoms with Gasteiger partial charge in [0.25, 0.3) is 0 Å². The van der Waals surface area contributed by atoms with E-state index in [9.17, 15) is 9.59 Å². The van der Waals surface area contributed by atoms with Gasteiger partial charge in [-0.3, -0.25) is 4.79 Å². The maximum absolute atomic E-state index is 12.5. The number of hydrogen-bond acceptors (Lipinski definition) is 3. The van der Waals surface area contributed by atoms with Crippen molar-refractivity contribution >= 4 is 17.5 Å². The topological polar surface area (TPSA) is 58.6 Å². The van der Waals surface area contributed by atoms with Crippen LogP contribution in [-0.2, 0) is 0 Å². The number of amides is 2. The highest BCUT2D eigenvalue weighted by molar-refractivity contribution is 6.02. The molecule has 0 fully saturated rings. The molecular weight excluding hydrogens is 352 g/mol. The first-order valence-corrected chi connectivity index (χ1v) is 9.00. The number of hydrogen-bond donors (Lipinski definition) is 1. The molecule has 2 amide bonds. The number of carbonyl (C=O) groups is 2. The van der Waals surface area contributed by atoms with E-state index in [1.54, 1.807) is 62.5 Å². The van der Waals surface area contributed by atoms with Crippen LogP contribution >= 0.6 is 0 Å². The van der Waals surface area contributed by atoms with Crippen molar-refractivity contribution in [1.29, 1.82) is 0 Å². The molecule has 3 aromatic rings. The molecule has 0 heterocycles. The predicted molar refractivity (Wildman–Crippen MR) is 110 cm³/mol. The third-order valence-corrected chi connectivity index (χ3v) is 4.42. The average Bonchev–Trinajstić information content (AvgIpc) is 2.75. The molecule has 0 saturated carbocycles. The normalized spacial score (nSPS) is 11.4. The Morgan fingerprint density at radius 1 is 0.821 bits per heavy atom. The van der Waals surface area contributed by atoms with Crippen LogP contribution in [0.5, 0.6) is 11.5 Å². The first-order chi connectivity index (χ1) is 13.5. The number of nitrogens with zero attached hydrogens (tertiary/aromatic N) is 1. The van der Waals surface area contributed by atoms with Crippen molar-refractivity contribution in [3.8, 4) is 11.5 Å². The second-order valence-corrected chi connectivity index (χ2v) is 6.39. The minimum absolute atomic E-state index is 0.107. The van der Waals surface area contributed by atoms with Gasteiger partial charge in [-0.25, -0.2) is 4.79 Å². The highest BCUT2D eigenvalue weighted by Crippen LogP contribution is 2.22. The molecular formula is C23H22N2O3. The zero-order chi connectivity index (χ0) is 19.9. The van der Waals surface area contributed by atoms with Gasteiger partial charge in [0.2, 0.25) is 0 Å². The van der Waals surface area contributed by atoms with E-state index in [0.29, 0.717) is 17.0 Å². The summed E-state index contributed by atoms with van der Waals surface area (Å²) in [6.07, 6.45) is 0. The molecule has 0 spiro atoms. The molecule has 0 aliphatic heterocycles. The third-order valence-electron chi connectivity index (χ3n) is 4.42. The third kappa shape index (κ3) is 4.76. The number of benzene rings is 3. The van der Waals surface area contributed by atoms with E-state index in [0.717, 1.165) is 5.75 Å². The number of nitrogens with one attached hydrogen (secondary N) is 1. The van der Waals surface area contributed by atoms with Crippen LogP contribution in [0.25, 0.3) is 0 Å². The molecule has 1 atom stereocenters. The number of ether oxygens (including phenoxy) is 1. The van der Waals surface area contributed by atoms with Crippen molar-refractivity contribution < 1.29 is 14.3 Å². The number of para-hydroxylation sites is 1. The summed E-state index contributed by atoms with van der Waals surface area (Å²) in [4.78, 5) is 26.4. The number of urea groups is 1. The van der Waals surface area contributed by atoms with Crippen molar-refractivity contribution in [2.24, 2.45) is 0 Å². The molecule has 5 heteroatoms. The quantitative estimate of drug-likeness (QED) is 0.602. The molecule has 0 radical (unpaired) electrons. The summed E-state index contributed by atoms with van der Waals surface area (Å²) in [6.45, 7) is 1.71. The minimum Gasteiger partial charge on any atom is -0.457 e. The molecule has 5 nitrogen and oxygen atoms in total. The molecule has 0 saturated heterocycles. The molecule has 0 aromatic heterocycles. The van der Waals surface area contributed by atoms with E-state index in [2.05, 4.69) is 5.32 Å². The van der Waals surface area contributed by atoms with Crippen LogP contribution in [0.15, 0.2) is 84.9 Å². The average molecular weight is 374 g/mol. The van der Waals surface area contributed by atoms with Crippen LogP contribution in [0.2, 0.25) is 0 Å². The van der Waals surface area contributed by atoms with Crippen LogP contribution in [-0.4, -0.2) is 29.8 Å². The Morgan fingerprint density at radius 2 is 1.36 bits per heavy atom. The standard InChI is InChI=1S/C23H22N2O3/c1-17(22(26)18-9-5-3-6-10-18)25(2)23(27)24-19-13-15-21(16-14-19)28-20-11-7-4-8-12-20/h3-17H,1-2H3,(H,24,27)/t17-/m1/s1. The first-order valence-electron chi connectivity index (χ1n) is 9.00. The van der Waals surface area contributed by atoms with Crippen LogP contribution in [0.4, 0.5) is 10.5 Å². The summed E-state index contributed by atoms with van der Waals surface area (Å²) in [7, 11) is 1.60. The summed E-state index contributed by atoms with van der Waals surface area (Å²) in [5.41, 5.74) is 1.20. The fourth-order valence-corrected chi connectivity index (χ4v) is 2.64. The van der Waals surface area contributed by atoms with Gasteiger partial charge in [0.15, 0.2) is 5.78 Å². The van der Waals surface area contributed by atoms with Gasteiger partial charge in [-0.1, -0.05) is 48.5 Å². The Bertz CT molecular complexity index is 925. The predicted octanol–water partition coefficient (Wildman–Crippen LogP) is 5.21. The molecule has 1 N–H and O–H groups in total. The number of carbonyl (C=O) groups excluding carboxylic acids is 2. The first kappa shape index (κ1) is 19.2. The van der Waals surface area contributed by atoms with Gasteiger partial charge in [-0.05, 0) is 43.3 Å². The second kappa shape index (κ2) is 8.86. The lowest BCUT2D eigenvalue weighted by molar-refractivity contribution is 0.0894. The van der Waals surface area contributed by atoms with Crippen LogP contribution in [0.3, 0.4) is 0 Å². The lowest BCUT2D eigenvalue weighted by atomic mass is 10.1. The summed E-state index contributed by atoms with van der Waals surface area (Å²) in [6, 6.07) is 24.6. The molecule has 3 rings (SSSR count). The second-order valence-electron chi connectivity index (χ2n) is 6.39. The van der Waals surface area contributed by atoms with Crippen molar-refractivity contribution in [2.45, 2.75) is 13.0 Å². The Kier molecular flexibility index (Phi) is 6.07. The monoisotopic (exact) mass is 374 g/mol. The molecule has 3 aromatic carbocycles. The van der Waals surface area contributed by atoms with Crippen molar-refractivity contribution in [3.05, 3.63) is 90.5 Å². The van der Waals surface area contributed by atoms with E-state index in [4.69, 9.17) is 4.74 Å². The maximum Gasteiger partial charge on any atom is 0.322 e. The fraction of sp³-hybridized carbons (Fsp3) is 0.130. The maximum atomic E-state index is 12.5. The minimum atomic E-state index is -0.580. The Morgan fingerprint density at radius 3 is 1.96 bits per heavy atom. The zero-order valence-corrected chi connectivity index (χ0v) is 15.8. The summed E-state index contributed by atoms with van der Waals surface area (Å²) >= 11 is 0. The summed E-state index contributed by atoms with van der Waals surface area (Å²) < 4.78 is 5.74. The molecule has 0 aliphatic carbocycles. The Hall–Kier alpha value is -3.60. The number of likely N-dealkylation sites (N-methyl/N-ethyl adjacent to an activating group) is 1. The highest BCUT2D eigenvalue weighted by atomic mass is 16.5. The van der Waals surface area contributed by atoms with Crippen LogP contribution < -0.4 is 10.1 Å². The van der Waals surface area contributed by atoms with Crippen LogP contribution in [0, 0.1) is 0 Å². The Labute approximate surface area is 164 Å². The SMILES string of the molecule is C[C@H](C(=O)c1ccccc1)N(C)C(=O)Nc1ccc(Oc2ccccc2)cc1. The summed E-state index contributed by atoms with van der Waals surface area (Å²) in [5, 5.41) is 2.80. The highest BCUT2D eigenvalue weighted by Gasteiger charge is 2.23. The smallest absolute Gasteiger partial charge is 0.322 e. The molecule has 28 heavy (non-hydrogen) atoms. The van der Waals surface area contributed by atoms with Crippen molar-refractivity contribution in [1.82, 2.24) is 4.90 Å². The molecule has 142 valence electrons. The van der Waals surface area contributed by atoms with E-state index in [1.165, 1.54) is 4.90 Å². The summed E-state index contributed by atoms with van der Waals surface area (Å²) in [5.74, 6) is 1.31. The molecule has 0 unspecified atom stereocenters. The number of ketones is 1. The van der Waals surface area contributed by atoms with Crippen molar-refractivity contribution in [3.63, 3.8) is 0 Å². The fourth-order valence-electron chi connectivity index (χ4n) is 2.64. The lowest BCUT2D eigenvalue weighted by Gasteiger charge is -2.24. The van der Waals surface area contributed by atoms with Gasteiger partial charge in [-0.15, -0.1) is 0 Å². The number of Topliss-reactive ketones (excluding diaryl/α,β-unsaturated/α-hetero) is 1. The van der Waals surface area contributed by atoms with E-state index in [-0.39, 0.29) is 11.8 Å². The Balaban J connectivity index is 1.59. The van der Waals surface area contributed by atoms with Gasteiger partial charge < -0.3 is 15.0 Å². The van der Waals surface area contributed by atoms with Crippen LogP contribution in [0.1, 0.15) is 17.3 Å². The van der Waals surface area contributed by atoms with E-state index in [1.807, 2.05) is 36.4 Å². The van der Waals surface area contributed by atoms with E-state index >= 15 is 0 Å². The lowest BCUT2D eigenvalue weighted by Crippen LogP contribution is -2.42. The van der Waals surface area contributed by atoms with Gasteiger partial charge in [0.1, 0.15) is 11.5 Å². The zero-order valence-electron chi connectivity index (χ0n) is 15.8. The van der Waals surface area contributed by atoms with Gasteiger partial charge in [-0.2, -0.15) is 0 Å².